The van der Waals surface area contributed by atoms with Crippen molar-refractivity contribution in [3.8, 4) is 11.5 Å². The van der Waals surface area contributed by atoms with Crippen LogP contribution in [0.5, 0.6) is 11.5 Å². The number of nitrogens with two attached hydrogens (primary N) is 1. The molecule has 3 rings (SSSR count). The molecule has 0 radical (unpaired) electrons. The summed E-state index contributed by atoms with van der Waals surface area (Å²) in [6.45, 7) is 6.42. The first kappa shape index (κ1) is 22.2. The van der Waals surface area contributed by atoms with Crippen LogP contribution in [0.2, 0.25) is 0 Å². The molecule has 31 heavy (non-hydrogen) atoms. The Balaban J connectivity index is 1.70. The molecule has 0 spiro atoms. The van der Waals surface area contributed by atoms with Crippen molar-refractivity contribution in [3.05, 3.63) is 82.2 Å². The smallest absolute Gasteiger partial charge is 0.252 e. The summed E-state index contributed by atoms with van der Waals surface area (Å²) in [5.41, 5.74) is 10.3. The van der Waals surface area contributed by atoms with Crippen LogP contribution in [0.25, 0.3) is 0 Å². The van der Waals surface area contributed by atoms with Gasteiger partial charge < -0.3 is 19.8 Å². The van der Waals surface area contributed by atoms with E-state index in [1.807, 2.05) is 51.1 Å². The van der Waals surface area contributed by atoms with Crippen molar-refractivity contribution in [1.29, 1.82) is 0 Å². The van der Waals surface area contributed by atoms with Gasteiger partial charge in [0.05, 0.1) is 12.7 Å². The first-order valence-corrected chi connectivity index (χ1v) is 10.2. The molecule has 6 nitrogen and oxygen atoms in total. The molecular formula is C25H28N2O4. The monoisotopic (exact) mass is 420 g/mol. The Morgan fingerprint density at radius 1 is 0.968 bits per heavy atom. The number of benzene rings is 2. The Morgan fingerprint density at radius 3 is 2.32 bits per heavy atom. The van der Waals surface area contributed by atoms with Gasteiger partial charge >= 0.3 is 0 Å². The second kappa shape index (κ2) is 9.51. The van der Waals surface area contributed by atoms with Crippen LogP contribution < -0.4 is 15.2 Å². The van der Waals surface area contributed by atoms with Crippen LogP contribution in [-0.2, 0) is 13.0 Å². The van der Waals surface area contributed by atoms with Crippen LogP contribution >= 0.6 is 0 Å². The molecule has 1 amide bonds. The number of aryl methyl sites for hydroxylation is 3. The maximum atomic E-state index is 12.8. The summed E-state index contributed by atoms with van der Waals surface area (Å²) in [5.74, 6) is 0.437. The van der Waals surface area contributed by atoms with Crippen LogP contribution in [0.1, 0.15) is 43.2 Å². The molecule has 0 saturated heterocycles. The Bertz CT molecular complexity index is 1100. The summed E-state index contributed by atoms with van der Waals surface area (Å²) in [6, 6.07) is 15.0. The highest BCUT2D eigenvalue weighted by molar-refractivity contribution is 5.99. The molecule has 0 bridgehead atoms. The number of hydrogen-bond acceptors (Lipinski definition) is 4. The van der Waals surface area contributed by atoms with Gasteiger partial charge in [0.2, 0.25) is 5.78 Å². The number of ether oxygens (including phenoxy) is 2. The Hall–Kier alpha value is -3.54. The lowest BCUT2D eigenvalue weighted by Gasteiger charge is -2.11. The summed E-state index contributed by atoms with van der Waals surface area (Å²) < 4.78 is 13.0. The predicted octanol–water partition coefficient (Wildman–Crippen LogP) is 4.03. The van der Waals surface area contributed by atoms with Crippen LogP contribution in [0.4, 0.5) is 0 Å². The fourth-order valence-corrected chi connectivity index (χ4v) is 3.63. The van der Waals surface area contributed by atoms with Gasteiger partial charge in [-0.1, -0.05) is 18.2 Å². The van der Waals surface area contributed by atoms with Crippen molar-refractivity contribution < 1.29 is 19.1 Å². The summed E-state index contributed by atoms with van der Waals surface area (Å²) in [4.78, 5) is 24.5. The van der Waals surface area contributed by atoms with Crippen LogP contribution in [0.3, 0.4) is 0 Å². The summed E-state index contributed by atoms with van der Waals surface area (Å²) in [7, 11) is 1.65. The summed E-state index contributed by atoms with van der Waals surface area (Å²) >= 11 is 0. The fraction of sp³-hybridized carbons (Fsp3) is 0.280. The molecule has 6 heteroatoms. The lowest BCUT2D eigenvalue weighted by atomic mass is 10.1. The molecular weight excluding hydrogens is 392 g/mol. The van der Waals surface area contributed by atoms with Gasteiger partial charge in [0.15, 0.2) is 6.61 Å². The van der Waals surface area contributed by atoms with Gasteiger partial charge in [0, 0.05) is 23.5 Å². The normalized spacial score (nSPS) is 10.7. The standard InChI is InChI=1S/C25H28N2O4/c1-16-5-10-21(25(26)29)24(13-16)31-15-23(28)22-14-17(2)27(18(22)3)12-11-19-6-8-20(30-4)9-7-19/h5-10,13-14H,11-12,15H2,1-4H3,(H2,26,29). The zero-order valence-electron chi connectivity index (χ0n) is 18.4. The molecule has 0 aliphatic heterocycles. The van der Waals surface area contributed by atoms with Crippen molar-refractivity contribution >= 4 is 11.7 Å². The maximum absolute atomic E-state index is 12.8. The minimum absolute atomic E-state index is 0.138. The third-order valence-electron chi connectivity index (χ3n) is 5.42. The average molecular weight is 421 g/mol. The van der Waals surface area contributed by atoms with Crippen LogP contribution in [0, 0.1) is 20.8 Å². The summed E-state index contributed by atoms with van der Waals surface area (Å²) in [6.07, 6.45) is 0.843. The molecule has 0 aliphatic rings. The number of nitrogens with zero attached hydrogens (tertiary/aromatic N) is 1. The van der Waals surface area contributed by atoms with Crippen molar-refractivity contribution in [2.75, 3.05) is 13.7 Å². The SMILES string of the molecule is COc1ccc(CCn2c(C)cc(C(=O)COc3cc(C)ccc3C(N)=O)c2C)cc1. The average Bonchev–Trinajstić information content (AvgIpc) is 3.04. The molecule has 0 fully saturated rings. The highest BCUT2D eigenvalue weighted by atomic mass is 16.5. The number of carbonyl (C=O) groups excluding carboxylic acids is 2. The topological polar surface area (TPSA) is 83.6 Å². The minimum Gasteiger partial charge on any atom is -0.497 e. The van der Waals surface area contributed by atoms with Crippen LogP contribution in [0.15, 0.2) is 48.5 Å². The lowest BCUT2D eigenvalue weighted by Crippen LogP contribution is -2.17. The highest BCUT2D eigenvalue weighted by Crippen LogP contribution is 2.22. The molecule has 3 aromatic rings. The van der Waals surface area contributed by atoms with Crippen molar-refractivity contribution in [2.45, 2.75) is 33.7 Å². The zero-order chi connectivity index (χ0) is 22.5. The molecule has 0 unspecified atom stereocenters. The number of carbonyl (C=O) groups is 2. The van der Waals surface area contributed by atoms with E-state index in [9.17, 15) is 9.59 Å². The Labute approximate surface area is 182 Å². The molecule has 0 atom stereocenters. The number of primary amides is 1. The van der Waals surface area contributed by atoms with E-state index < -0.39 is 5.91 Å². The number of methoxy groups -OCH3 is 1. The van der Waals surface area contributed by atoms with E-state index in [0.29, 0.717) is 11.3 Å². The minimum atomic E-state index is -0.584. The van der Waals surface area contributed by atoms with Gasteiger partial charge in [-0.3, -0.25) is 9.59 Å². The second-order valence-corrected chi connectivity index (χ2v) is 7.61. The summed E-state index contributed by atoms with van der Waals surface area (Å²) in [5, 5.41) is 0. The van der Waals surface area contributed by atoms with E-state index >= 15 is 0 Å². The third kappa shape index (κ3) is 5.15. The number of ketones is 1. The first-order chi connectivity index (χ1) is 14.8. The van der Waals surface area contributed by atoms with E-state index in [-0.39, 0.29) is 18.0 Å². The molecule has 1 aromatic heterocycles. The van der Waals surface area contributed by atoms with E-state index in [0.717, 1.165) is 35.7 Å². The highest BCUT2D eigenvalue weighted by Gasteiger charge is 2.18. The molecule has 0 aliphatic carbocycles. The van der Waals surface area contributed by atoms with Gasteiger partial charge in [-0.25, -0.2) is 0 Å². The van der Waals surface area contributed by atoms with Gasteiger partial charge in [0.1, 0.15) is 11.5 Å². The van der Waals surface area contributed by atoms with Crippen molar-refractivity contribution in [3.63, 3.8) is 0 Å². The molecule has 0 saturated carbocycles. The molecule has 2 aromatic carbocycles. The number of aromatic nitrogens is 1. The molecule has 2 N–H and O–H groups in total. The Kier molecular flexibility index (Phi) is 6.80. The van der Waals surface area contributed by atoms with Gasteiger partial charge in [-0.05, 0) is 68.7 Å². The maximum Gasteiger partial charge on any atom is 0.252 e. The van der Waals surface area contributed by atoms with Gasteiger partial charge in [-0.2, -0.15) is 0 Å². The van der Waals surface area contributed by atoms with Crippen LogP contribution in [-0.4, -0.2) is 30.0 Å². The number of amides is 1. The van der Waals surface area contributed by atoms with E-state index in [1.54, 1.807) is 25.3 Å². The number of Topliss-reactive ketones (excluding diaryl/α,β-unsaturated/α-hetero) is 1. The van der Waals surface area contributed by atoms with Gasteiger partial charge in [0.25, 0.3) is 5.91 Å². The Morgan fingerprint density at radius 2 is 1.68 bits per heavy atom. The van der Waals surface area contributed by atoms with Crippen molar-refractivity contribution in [2.24, 2.45) is 5.73 Å². The molecule has 162 valence electrons. The number of rotatable bonds is 9. The number of hydrogen-bond donors (Lipinski definition) is 1. The fourth-order valence-electron chi connectivity index (χ4n) is 3.63. The van der Waals surface area contributed by atoms with E-state index in [2.05, 4.69) is 4.57 Å². The van der Waals surface area contributed by atoms with E-state index in [1.165, 1.54) is 5.56 Å². The van der Waals surface area contributed by atoms with E-state index in [4.69, 9.17) is 15.2 Å². The lowest BCUT2D eigenvalue weighted by molar-refractivity contribution is 0.0911. The largest absolute Gasteiger partial charge is 0.497 e. The van der Waals surface area contributed by atoms with Crippen molar-refractivity contribution in [1.82, 2.24) is 4.57 Å². The van der Waals surface area contributed by atoms with Gasteiger partial charge in [-0.15, -0.1) is 0 Å². The molecule has 1 heterocycles. The predicted molar refractivity (Wildman–Crippen MR) is 120 cm³/mol. The second-order valence-electron chi connectivity index (χ2n) is 7.61. The zero-order valence-corrected chi connectivity index (χ0v) is 18.4. The third-order valence-corrected chi connectivity index (χ3v) is 5.42. The quantitative estimate of drug-likeness (QED) is 0.530. The first-order valence-electron chi connectivity index (χ1n) is 10.2.